The number of nitrogens with zero attached hydrogens (tertiary/aromatic N) is 1. The molecule has 0 radical (unpaired) electrons. The largest absolute Gasteiger partial charge is 0.270 e. The zero-order chi connectivity index (χ0) is 16.4. The summed E-state index contributed by atoms with van der Waals surface area (Å²) in [6.45, 7) is 4.33. The third kappa shape index (κ3) is 3.38. The van der Waals surface area contributed by atoms with Crippen LogP contribution < -0.4 is 4.90 Å². The van der Waals surface area contributed by atoms with Crippen molar-refractivity contribution in [3.8, 4) is 0 Å². The summed E-state index contributed by atoms with van der Waals surface area (Å²) in [6, 6.07) is 17.8. The SMILES string of the molecule is CC(C)c1ccc(/C=C2/SC(=S)N(c3ccccc3)C2=O)cc1. The highest BCUT2D eigenvalue weighted by molar-refractivity contribution is 8.27. The van der Waals surface area contributed by atoms with Crippen LogP contribution in [0.25, 0.3) is 6.08 Å². The molecule has 2 aromatic rings. The number of rotatable bonds is 3. The van der Waals surface area contributed by atoms with Gasteiger partial charge in [-0.3, -0.25) is 9.69 Å². The average molecular weight is 339 g/mol. The quantitative estimate of drug-likeness (QED) is 0.565. The molecule has 0 atom stereocenters. The summed E-state index contributed by atoms with van der Waals surface area (Å²) in [5.41, 5.74) is 3.12. The predicted molar refractivity (Wildman–Crippen MR) is 103 cm³/mol. The molecule has 2 aromatic carbocycles. The highest BCUT2D eigenvalue weighted by Gasteiger charge is 2.33. The molecule has 0 saturated carbocycles. The second-order valence-corrected chi connectivity index (χ2v) is 7.35. The fourth-order valence-electron chi connectivity index (χ4n) is 2.40. The average Bonchev–Trinajstić information content (AvgIpc) is 2.82. The van der Waals surface area contributed by atoms with Crippen LogP contribution in [0.15, 0.2) is 59.5 Å². The van der Waals surface area contributed by atoms with Crippen molar-refractivity contribution in [3.05, 3.63) is 70.6 Å². The lowest BCUT2D eigenvalue weighted by atomic mass is 10.0. The van der Waals surface area contributed by atoms with E-state index < -0.39 is 0 Å². The van der Waals surface area contributed by atoms with E-state index in [2.05, 4.69) is 26.0 Å². The fourth-order valence-corrected chi connectivity index (χ4v) is 3.69. The van der Waals surface area contributed by atoms with Crippen LogP contribution in [0.5, 0.6) is 0 Å². The first-order chi connectivity index (χ1) is 11.1. The van der Waals surface area contributed by atoms with E-state index in [1.54, 1.807) is 4.90 Å². The number of amides is 1. The fraction of sp³-hybridized carbons (Fsp3) is 0.158. The maximum absolute atomic E-state index is 12.6. The van der Waals surface area contributed by atoms with Gasteiger partial charge >= 0.3 is 0 Å². The van der Waals surface area contributed by atoms with E-state index in [4.69, 9.17) is 12.2 Å². The number of hydrogen-bond acceptors (Lipinski definition) is 3. The van der Waals surface area contributed by atoms with Gasteiger partial charge in [0, 0.05) is 0 Å². The van der Waals surface area contributed by atoms with Gasteiger partial charge < -0.3 is 0 Å². The number of carbonyl (C=O) groups is 1. The molecule has 0 N–H and O–H groups in total. The molecule has 1 amide bonds. The first-order valence-electron chi connectivity index (χ1n) is 7.49. The van der Waals surface area contributed by atoms with Crippen LogP contribution in [-0.4, -0.2) is 10.2 Å². The molecule has 3 rings (SSSR count). The summed E-state index contributed by atoms with van der Waals surface area (Å²) in [7, 11) is 0. The number of thioether (sulfide) groups is 1. The third-order valence-corrected chi connectivity index (χ3v) is 5.01. The maximum Gasteiger partial charge on any atom is 0.270 e. The molecule has 1 fully saturated rings. The Balaban J connectivity index is 1.87. The zero-order valence-corrected chi connectivity index (χ0v) is 14.7. The minimum absolute atomic E-state index is 0.0564. The highest BCUT2D eigenvalue weighted by Crippen LogP contribution is 2.35. The molecule has 1 aliphatic rings. The minimum atomic E-state index is -0.0564. The summed E-state index contributed by atoms with van der Waals surface area (Å²) in [5, 5.41) is 0. The third-order valence-electron chi connectivity index (χ3n) is 3.71. The van der Waals surface area contributed by atoms with Gasteiger partial charge in [0.15, 0.2) is 4.32 Å². The van der Waals surface area contributed by atoms with Crippen molar-refractivity contribution < 1.29 is 4.79 Å². The standard InChI is InChI=1S/C19H17NOS2/c1-13(2)15-10-8-14(9-11-15)12-17-18(21)20(19(22)23-17)16-6-4-3-5-7-16/h3-13H,1-2H3/b17-12+. The smallest absolute Gasteiger partial charge is 0.268 e. The van der Waals surface area contributed by atoms with Crippen LogP contribution in [0.4, 0.5) is 5.69 Å². The van der Waals surface area contributed by atoms with Crippen molar-refractivity contribution >= 4 is 46.0 Å². The van der Waals surface area contributed by atoms with Gasteiger partial charge in [-0.1, -0.05) is 80.3 Å². The monoisotopic (exact) mass is 339 g/mol. The van der Waals surface area contributed by atoms with Gasteiger partial charge in [-0.15, -0.1) is 0 Å². The first kappa shape index (κ1) is 16.0. The van der Waals surface area contributed by atoms with Crippen molar-refractivity contribution in [3.63, 3.8) is 0 Å². The number of carbonyl (C=O) groups excluding carboxylic acids is 1. The van der Waals surface area contributed by atoms with Crippen LogP contribution in [0.2, 0.25) is 0 Å². The van der Waals surface area contributed by atoms with Gasteiger partial charge in [0.2, 0.25) is 0 Å². The lowest BCUT2D eigenvalue weighted by Crippen LogP contribution is -2.27. The molecule has 1 saturated heterocycles. The van der Waals surface area contributed by atoms with E-state index in [0.29, 0.717) is 15.1 Å². The molecule has 23 heavy (non-hydrogen) atoms. The zero-order valence-electron chi connectivity index (χ0n) is 13.0. The number of thiocarbonyl (C=S) groups is 1. The van der Waals surface area contributed by atoms with Crippen LogP contribution >= 0.6 is 24.0 Å². The number of hydrogen-bond donors (Lipinski definition) is 0. The van der Waals surface area contributed by atoms with Crippen molar-refractivity contribution in [2.75, 3.05) is 4.90 Å². The van der Waals surface area contributed by atoms with Gasteiger partial charge in [0.05, 0.1) is 10.6 Å². The summed E-state index contributed by atoms with van der Waals surface area (Å²) in [4.78, 5) is 14.9. The second kappa shape index (κ2) is 6.69. The van der Waals surface area contributed by atoms with Crippen LogP contribution in [0.3, 0.4) is 0 Å². The van der Waals surface area contributed by atoms with Crippen molar-refractivity contribution in [2.45, 2.75) is 19.8 Å². The second-order valence-electron chi connectivity index (χ2n) is 5.67. The summed E-state index contributed by atoms with van der Waals surface area (Å²) < 4.78 is 0.575. The van der Waals surface area contributed by atoms with E-state index in [-0.39, 0.29) is 5.91 Å². The molecule has 0 spiro atoms. The number of benzene rings is 2. The molecule has 1 heterocycles. The Morgan fingerprint density at radius 2 is 1.70 bits per heavy atom. The molecule has 116 valence electrons. The molecule has 0 aromatic heterocycles. The molecule has 0 aliphatic carbocycles. The predicted octanol–water partition coefficient (Wildman–Crippen LogP) is 5.22. The Labute approximate surface area is 146 Å². The lowest BCUT2D eigenvalue weighted by molar-refractivity contribution is -0.113. The van der Waals surface area contributed by atoms with Gasteiger partial charge in [-0.05, 0) is 35.3 Å². The molecule has 2 nitrogen and oxygen atoms in total. The highest BCUT2D eigenvalue weighted by atomic mass is 32.2. The van der Waals surface area contributed by atoms with Crippen molar-refractivity contribution in [2.24, 2.45) is 0 Å². The van der Waals surface area contributed by atoms with Crippen LogP contribution in [0, 0.1) is 0 Å². The topological polar surface area (TPSA) is 20.3 Å². The normalized spacial score (nSPS) is 16.7. The molecule has 0 bridgehead atoms. The van der Waals surface area contributed by atoms with E-state index in [0.717, 1.165) is 11.3 Å². The Morgan fingerprint density at radius 1 is 1.04 bits per heavy atom. The molecular formula is C19H17NOS2. The molecule has 1 aliphatic heterocycles. The van der Waals surface area contributed by atoms with Crippen molar-refractivity contribution in [1.82, 2.24) is 0 Å². The van der Waals surface area contributed by atoms with E-state index in [9.17, 15) is 4.79 Å². The Morgan fingerprint density at radius 3 is 2.30 bits per heavy atom. The number of anilines is 1. The van der Waals surface area contributed by atoms with Crippen LogP contribution in [0.1, 0.15) is 30.9 Å². The summed E-state index contributed by atoms with van der Waals surface area (Å²) in [6.07, 6.45) is 1.91. The molecular weight excluding hydrogens is 322 g/mol. The Kier molecular flexibility index (Phi) is 4.64. The summed E-state index contributed by atoms with van der Waals surface area (Å²) in [5.74, 6) is 0.444. The first-order valence-corrected chi connectivity index (χ1v) is 8.71. The van der Waals surface area contributed by atoms with Gasteiger partial charge in [-0.2, -0.15) is 0 Å². The van der Waals surface area contributed by atoms with E-state index in [1.165, 1.54) is 17.3 Å². The number of para-hydroxylation sites is 1. The van der Waals surface area contributed by atoms with Crippen LogP contribution in [-0.2, 0) is 4.79 Å². The Hall–Kier alpha value is -1.91. The molecule has 4 heteroatoms. The Bertz CT molecular complexity index is 764. The summed E-state index contributed by atoms with van der Waals surface area (Å²) >= 11 is 6.73. The lowest BCUT2D eigenvalue weighted by Gasteiger charge is -2.13. The minimum Gasteiger partial charge on any atom is -0.268 e. The van der Waals surface area contributed by atoms with Gasteiger partial charge in [-0.25, -0.2) is 0 Å². The van der Waals surface area contributed by atoms with Crippen molar-refractivity contribution in [1.29, 1.82) is 0 Å². The molecule has 0 unspecified atom stereocenters. The van der Waals surface area contributed by atoms with Gasteiger partial charge in [0.1, 0.15) is 0 Å². The van der Waals surface area contributed by atoms with Gasteiger partial charge in [0.25, 0.3) is 5.91 Å². The van der Waals surface area contributed by atoms with E-state index in [1.807, 2.05) is 48.5 Å². The van der Waals surface area contributed by atoms with E-state index >= 15 is 0 Å². The maximum atomic E-state index is 12.6.